The first-order valence-electron chi connectivity index (χ1n) is 6.92. The molecule has 1 unspecified atom stereocenters. The van der Waals surface area contributed by atoms with E-state index in [0.717, 1.165) is 13.0 Å². The Hall–Kier alpha value is -0.570. The van der Waals surface area contributed by atoms with Crippen molar-refractivity contribution in [2.45, 2.75) is 65.3 Å². The van der Waals surface area contributed by atoms with Crippen molar-refractivity contribution in [3.8, 4) is 0 Å². The molecule has 3 heteroatoms. The van der Waals surface area contributed by atoms with Gasteiger partial charge < -0.3 is 10.1 Å². The number of hydrogen-bond donors (Lipinski definition) is 1. The molecule has 1 aliphatic rings. The molecule has 0 amide bonds. The lowest BCUT2D eigenvalue weighted by Crippen LogP contribution is -2.38. The third kappa shape index (κ3) is 6.06. The van der Waals surface area contributed by atoms with Crippen molar-refractivity contribution in [2.24, 2.45) is 5.41 Å². The molecular formula is C14H27NO2. The van der Waals surface area contributed by atoms with Gasteiger partial charge in [-0.2, -0.15) is 0 Å². The summed E-state index contributed by atoms with van der Waals surface area (Å²) in [4.78, 5) is 11.3. The van der Waals surface area contributed by atoms with Crippen LogP contribution in [-0.4, -0.2) is 25.2 Å². The summed E-state index contributed by atoms with van der Waals surface area (Å²) in [6.45, 7) is 7.97. The first kappa shape index (κ1) is 14.5. The number of esters is 1. The van der Waals surface area contributed by atoms with Gasteiger partial charge in [0.1, 0.15) is 0 Å². The molecule has 0 heterocycles. The second kappa shape index (κ2) is 7.00. The third-order valence-corrected chi connectivity index (χ3v) is 3.43. The van der Waals surface area contributed by atoms with Gasteiger partial charge in [0.05, 0.1) is 13.0 Å². The van der Waals surface area contributed by atoms with Crippen LogP contribution in [0.4, 0.5) is 0 Å². The van der Waals surface area contributed by atoms with Crippen LogP contribution in [0.15, 0.2) is 0 Å². The molecule has 3 nitrogen and oxygen atoms in total. The summed E-state index contributed by atoms with van der Waals surface area (Å²) in [5.74, 6) is -0.0746. The zero-order valence-electron chi connectivity index (χ0n) is 11.6. The molecule has 1 saturated carbocycles. The monoisotopic (exact) mass is 241 g/mol. The highest BCUT2D eigenvalue weighted by atomic mass is 16.5. The highest BCUT2D eigenvalue weighted by Crippen LogP contribution is 2.34. The van der Waals surface area contributed by atoms with Crippen molar-refractivity contribution < 1.29 is 9.53 Å². The molecular weight excluding hydrogens is 214 g/mol. The van der Waals surface area contributed by atoms with E-state index in [1.54, 1.807) is 0 Å². The average Bonchev–Trinajstić information content (AvgIpc) is 2.25. The summed E-state index contributed by atoms with van der Waals surface area (Å²) < 4.78 is 5.04. The maximum atomic E-state index is 11.3. The molecule has 1 fully saturated rings. The van der Waals surface area contributed by atoms with Gasteiger partial charge in [0, 0.05) is 12.6 Å². The Labute approximate surface area is 105 Å². The van der Waals surface area contributed by atoms with Crippen LogP contribution >= 0.6 is 0 Å². The van der Waals surface area contributed by atoms with E-state index in [4.69, 9.17) is 4.74 Å². The average molecular weight is 241 g/mol. The number of carbonyl (C=O) groups is 1. The topological polar surface area (TPSA) is 38.3 Å². The molecule has 0 radical (unpaired) electrons. The van der Waals surface area contributed by atoms with Crippen molar-refractivity contribution in [2.75, 3.05) is 13.2 Å². The van der Waals surface area contributed by atoms with Crippen LogP contribution in [0, 0.1) is 5.41 Å². The Morgan fingerprint density at radius 1 is 1.47 bits per heavy atom. The van der Waals surface area contributed by atoms with E-state index >= 15 is 0 Å². The van der Waals surface area contributed by atoms with Gasteiger partial charge in [-0.15, -0.1) is 0 Å². The minimum atomic E-state index is -0.0746. The van der Waals surface area contributed by atoms with Crippen LogP contribution in [0.25, 0.3) is 0 Å². The van der Waals surface area contributed by atoms with Gasteiger partial charge in [-0.1, -0.05) is 27.2 Å². The fraction of sp³-hybridized carbons (Fsp3) is 0.929. The van der Waals surface area contributed by atoms with Gasteiger partial charge in [-0.3, -0.25) is 4.79 Å². The van der Waals surface area contributed by atoms with Crippen LogP contribution in [0.5, 0.6) is 0 Å². The van der Waals surface area contributed by atoms with E-state index < -0.39 is 0 Å². The molecule has 1 rings (SSSR count). The molecule has 0 aliphatic heterocycles. The summed E-state index contributed by atoms with van der Waals surface area (Å²) in [6, 6.07) is 0.581. The summed E-state index contributed by atoms with van der Waals surface area (Å²) >= 11 is 0. The summed E-state index contributed by atoms with van der Waals surface area (Å²) in [5.41, 5.74) is 0.457. The minimum absolute atomic E-state index is 0.0746. The second-order valence-corrected chi connectivity index (χ2v) is 5.88. The van der Waals surface area contributed by atoms with Crippen molar-refractivity contribution in [3.05, 3.63) is 0 Å². The standard InChI is InChI=1S/C14H27NO2/c1-4-10-17-13(16)7-9-15-12-6-5-8-14(2,3)11-12/h12,15H,4-11H2,1-3H3. The molecule has 0 aromatic rings. The number of rotatable bonds is 6. The van der Waals surface area contributed by atoms with Gasteiger partial charge in [-0.05, 0) is 31.1 Å². The minimum Gasteiger partial charge on any atom is -0.466 e. The number of hydrogen-bond acceptors (Lipinski definition) is 3. The van der Waals surface area contributed by atoms with Gasteiger partial charge in [0.2, 0.25) is 0 Å². The van der Waals surface area contributed by atoms with Gasteiger partial charge in [0.25, 0.3) is 0 Å². The van der Waals surface area contributed by atoms with Gasteiger partial charge in [-0.25, -0.2) is 0 Å². The molecule has 100 valence electrons. The van der Waals surface area contributed by atoms with Crippen molar-refractivity contribution in [3.63, 3.8) is 0 Å². The highest BCUT2D eigenvalue weighted by Gasteiger charge is 2.27. The Kier molecular flexibility index (Phi) is 5.96. The van der Waals surface area contributed by atoms with Crippen LogP contribution in [0.3, 0.4) is 0 Å². The molecule has 0 saturated heterocycles. The largest absolute Gasteiger partial charge is 0.466 e. The first-order chi connectivity index (χ1) is 8.03. The van der Waals surface area contributed by atoms with E-state index in [2.05, 4.69) is 19.2 Å². The Morgan fingerprint density at radius 2 is 2.24 bits per heavy atom. The summed E-state index contributed by atoms with van der Waals surface area (Å²) in [6.07, 6.45) is 6.48. The van der Waals surface area contributed by atoms with E-state index in [0.29, 0.717) is 24.5 Å². The molecule has 17 heavy (non-hydrogen) atoms. The van der Waals surface area contributed by atoms with Crippen LogP contribution in [0.1, 0.15) is 59.3 Å². The molecule has 0 aromatic carbocycles. The molecule has 1 N–H and O–H groups in total. The molecule has 1 atom stereocenters. The van der Waals surface area contributed by atoms with Crippen molar-refractivity contribution >= 4 is 5.97 Å². The fourth-order valence-electron chi connectivity index (χ4n) is 2.54. The normalized spacial score (nSPS) is 23.4. The Balaban J connectivity index is 2.12. The smallest absolute Gasteiger partial charge is 0.307 e. The highest BCUT2D eigenvalue weighted by molar-refractivity contribution is 5.69. The van der Waals surface area contributed by atoms with Crippen molar-refractivity contribution in [1.82, 2.24) is 5.32 Å². The zero-order valence-corrected chi connectivity index (χ0v) is 11.6. The summed E-state index contributed by atoms with van der Waals surface area (Å²) in [5, 5.41) is 3.48. The molecule has 1 aliphatic carbocycles. The number of carbonyl (C=O) groups excluding carboxylic acids is 1. The van der Waals surface area contributed by atoms with Crippen LogP contribution in [-0.2, 0) is 9.53 Å². The third-order valence-electron chi connectivity index (χ3n) is 3.43. The second-order valence-electron chi connectivity index (χ2n) is 5.88. The lowest BCUT2D eigenvalue weighted by atomic mass is 9.75. The Bertz CT molecular complexity index is 238. The first-order valence-corrected chi connectivity index (χ1v) is 6.92. The number of ether oxygens (including phenoxy) is 1. The van der Waals surface area contributed by atoms with Gasteiger partial charge >= 0.3 is 5.97 Å². The van der Waals surface area contributed by atoms with Crippen LogP contribution < -0.4 is 5.32 Å². The molecule has 0 spiro atoms. The Morgan fingerprint density at radius 3 is 2.88 bits per heavy atom. The summed E-state index contributed by atoms with van der Waals surface area (Å²) in [7, 11) is 0. The zero-order chi connectivity index (χ0) is 12.7. The van der Waals surface area contributed by atoms with E-state index in [1.165, 1.54) is 25.7 Å². The lowest BCUT2D eigenvalue weighted by molar-refractivity contribution is -0.143. The predicted octanol–water partition coefficient (Wildman–Crippen LogP) is 2.89. The maximum absolute atomic E-state index is 11.3. The van der Waals surface area contributed by atoms with Crippen LogP contribution in [0.2, 0.25) is 0 Å². The quantitative estimate of drug-likeness (QED) is 0.727. The van der Waals surface area contributed by atoms with Crippen molar-refractivity contribution in [1.29, 1.82) is 0 Å². The lowest BCUT2D eigenvalue weighted by Gasteiger charge is -2.35. The molecule has 0 aromatic heterocycles. The SMILES string of the molecule is CCCOC(=O)CCNC1CCCC(C)(C)C1. The number of nitrogens with one attached hydrogen (secondary N) is 1. The van der Waals surface area contributed by atoms with E-state index in [-0.39, 0.29) is 5.97 Å². The maximum Gasteiger partial charge on any atom is 0.307 e. The van der Waals surface area contributed by atoms with Gasteiger partial charge in [0.15, 0.2) is 0 Å². The fourth-order valence-corrected chi connectivity index (χ4v) is 2.54. The molecule has 0 bridgehead atoms. The predicted molar refractivity (Wildman–Crippen MR) is 69.9 cm³/mol. The van der Waals surface area contributed by atoms with E-state index in [1.807, 2.05) is 6.92 Å². The van der Waals surface area contributed by atoms with E-state index in [9.17, 15) is 4.79 Å².